The summed E-state index contributed by atoms with van der Waals surface area (Å²) in [5.41, 5.74) is -0.325. The quantitative estimate of drug-likeness (QED) is 0.928. The van der Waals surface area contributed by atoms with Crippen LogP contribution in [0.1, 0.15) is 10.4 Å². The van der Waals surface area contributed by atoms with Crippen LogP contribution in [0.4, 0.5) is 13.2 Å². The van der Waals surface area contributed by atoms with E-state index in [1.165, 1.54) is 0 Å². The topological polar surface area (TPSA) is 63.2 Å². The summed E-state index contributed by atoms with van der Waals surface area (Å²) in [7, 11) is -3.58. The van der Waals surface area contributed by atoms with Gasteiger partial charge < -0.3 is 5.32 Å². The molecule has 0 saturated heterocycles. The fraction of sp³-hybridized carbons (Fsp3) is 0.300. The van der Waals surface area contributed by atoms with Crippen molar-refractivity contribution in [2.24, 2.45) is 0 Å². The molecule has 1 aromatic carbocycles. The minimum atomic E-state index is -4.56. The van der Waals surface area contributed by atoms with Gasteiger partial charge in [0, 0.05) is 6.26 Å². The molecule has 0 radical (unpaired) electrons. The van der Waals surface area contributed by atoms with Crippen LogP contribution in [0.25, 0.3) is 0 Å². The lowest BCUT2D eigenvalue weighted by Gasteiger charge is -2.10. The van der Waals surface area contributed by atoms with Crippen molar-refractivity contribution in [2.45, 2.75) is 11.1 Å². The molecule has 9 heteroatoms. The lowest BCUT2D eigenvalue weighted by Crippen LogP contribution is -2.33. The molecule has 0 atom stereocenters. The second-order valence-electron chi connectivity index (χ2n) is 3.71. The number of halogens is 4. The van der Waals surface area contributed by atoms with Crippen molar-refractivity contribution < 1.29 is 26.4 Å². The Morgan fingerprint density at radius 2 is 1.95 bits per heavy atom. The molecule has 0 aliphatic carbocycles. The maximum Gasteiger partial charge on any atom is 0.405 e. The van der Waals surface area contributed by atoms with Gasteiger partial charge in [0.25, 0.3) is 5.91 Å². The maximum atomic E-state index is 12.0. The van der Waals surface area contributed by atoms with Crippen molar-refractivity contribution in [1.82, 2.24) is 5.32 Å². The molecule has 0 aliphatic rings. The van der Waals surface area contributed by atoms with E-state index < -0.39 is 28.5 Å². The van der Waals surface area contributed by atoms with Crippen LogP contribution in [-0.2, 0) is 9.84 Å². The molecule has 106 valence electrons. The fourth-order valence-electron chi connectivity index (χ4n) is 1.18. The average molecular weight is 316 g/mol. The van der Waals surface area contributed by atoms with E-state index in [2.05, 4.69) is 0 Å². The minimum absolute atomic E-state index is 0.132. The first-order valence-electron chi connectivity index (χ1n) is 4.85. The number of rotatable bonds is 3. The summed E-state index contributed by atoms with van der Waals surface area (Å²) in [4.78, 5) is 11.3. The van der Waals surface area contributed by atoms with Gasteiger partial charge in [0.05, 0.1) is 15.5 Å². The van der Waals surface area contributed by atoms with E-state index in [1.54, 1.807) is 5.32 Å². The number of alkyl halides is 3. The Hall–Kier alpha value is -1.28. The molecule has 0 unspecified atom stereocenters. The van der Waals surface area contributed by atoms with Crippen LogP contribution < -0.4 is 5.32 Å². The zero-order valence-electron chi connectivity index (χ0n) is 9.58. The standard InChI is InChI=1S/C10H9ClF3NO3S/c1-19(17,18)6-2-3-8(11)7(4-6)9(16)15-5-10(12,13)14/h2-4H,5H2,1H3,(H,15,16). The summed E-state index contributed by atoms with van der Waals surface area (Å²) in [6.45, 7) is -1.52. The Kier molecular flexibility index (Phi) is 4.46. The Morgan fingerprint density at radius 1 is 1.37 bits per heavy atom. The van der Waals surface area contributed by atoms with Crippen LogP contribution in [0.5, 0.6) is 0 Å². The number of benzene rings is 1. The molecule has 0 bridgehead atoms. The van der Waals surface area contributed by atoms with Gasteiger partial charge in [0.2, 0.25) is 0 Å². The highest BCUT2D eigenvalue weighted by atomic mass is 35.5. The zero-order valence-corrected chi connectivity index (χ0v) is 11.2. The molecule has 0 fully saturated rings. The Labute approximate surface area is 112 Å². The monoisotopic (exact) mass is 315 g/mol. The molecule has 1 N–H and O–H groups in total. The zero-order chi connectivity index (χ0) is 14.8. The van der Waals surface area contributed by atoms with Crippen LogP contribution in [0.15, 0.2) is 23.1 Å². The first kappa shape index (κ1) is 15.8. The van der Waals surface area contributed by atoms with Gasteiger partial charge in [0.1, 0.15) is 6.54 Å². The number of carbonyl (C=O) groups is 1. The van der Waals surface area contributed by atoms with Gasteiger partial charge in [-0.25, -0.2) is 8.42 Å². The average Bonchev–Trinajstić information content (AvgIpc) is 2.24. The third-order valence-corrected chi connectivity index (χ3v) is 3.50. The second-order valence-corrected chi connectivity index (χ2v) is 6.13. The summed E-state index contributed by atoms with van der Waals surface area (Å²) < 4.78 is 58.4. The lowest BCUT2D eigenvalue weighted by molar-refractivity contribution is -0.123. The predicted octanol–water partition coefficient (Wildman–Crippen LogP) is 2.04. The summed E-state index contributed by atoms with van der Waals surface area (Å²) in [5.74, 6) is -1.09. The van der Waals surface area contributed by atoms with Crippen molar-refractivity contribution in [3.63, 3.8) is 0 Å². The van der Waals surface area contributed by atoms with E-state index in [4.69, 9.17) is 11.6 Å². The Bertz CT molecular complexity index is 599. The third kappa shape index (κ3) is 4.71. The molecule has 0 saturated carbocycles. The number of hydrogen-bond donors (Lipinski definition) is 1. The lowest BCUT2D eigenvalue weighted by atomic mass is 10.2. The van der Waals surface area contributed by atoms with Gasteiger partial charge in [-0.2, -0.15) is 13.2 Å². The van der Waals surface area contributed by atoms with Crippen LogP contribution in [0.2, 0.25) is 5.02 Å². The van der Waals surface area contributed by atoms with Gasteiger partial charge in [0.15, 0.2) is 9.84 Å². The third-order valence-electron chi connectivity index (χ3n) is 2.06. The molecule has 1 aromatic rings. The van der Waals surface area contributed by atoms with Gasteiger partial charge in [-0.1, -0.05) is 11.6 Å². The van der Waals surface area contributed by atoms with E-state index in [-0.39, 0.29) is 15.5 Å². The Balaban J connectivity index is 3.03. The van der Waals surface area contributed by atoms with Crippen LogP contribution in [0.3, 0.4) is 0 Å². The molecule has 1 rings (SSSR count). The molecule has 0 spiro atoms. The molecule has 0 aliphatic heterocycles. The van der Waals surface area contributed by atoms with Crippen molar-refractivity contribution in [3.8, 4) is 0 Å². The van der Waals surface area contributed by atoms with Crippen LogP contribution >= 0.6 is 11.6 Å². The predicted molar refractivity (Wildman–Crippen MR) is 63.0 cm³/mol. The van der Waals surface area contributed by atoms with E-state index in [0.717, 1.165) is 24.5 Å². The van der Waals surface area contributed by atoms with Crippen molar-refractivity contribution in [2.75, 3.05) is 12.8 Å². The number of nitrogens with one attached hydrogen (secondary N) is 1. The van der Waals surface area contributed by atoms with Crippen molar-refractivity contribution in [3.05, 3.63) is 28.8 Å². The SMILES string of the molecule is CS(=O)(=O)c1ccc(Cl)c(C(=O)NCC(F)(F)F)c1. The summed E-state index contributed by atoms with van der Waals surface area (Å²) >= 11 is 5.65. The number of amides is 1. The first-order valence-corrected chi connectivity index (χ1v) is 7.12. The molecule has 0 aromatic heterocycles. The van der Waals surface area contributed by atoms with Crippen LogP contribution in [0, 0.1) is 0 Å². The largest absolute Gasteiger partial charge is 0.405 e. The highest BCUT2D eigenvalue weighted by molar-refractivity contribution is 7.90. The highest BCUT2D eigenvalue weighted by Crippen LogP contribution is 2.21. The maximum absolute atomic E-state index is 12.0. The second kappa shape index (κ2) is 5.38. The molecule has 19 heavy (non-hydrogen) atoms. The molecular formula is C10H9ClF3NO3S. The van der Waals surface area contributed by atoms with E-state index in [9.17, 15) is 26.4 Å². The molecule has 4 nitrogen and oxygen atoms in total. The van der Waals surface area contributed by atoms with Crippen LogP contribution in [-0.4, -0.2) is 33.3 Å². The summed E-state index contributed by atoms with van der Waals surface area (Å²) in [6.07, 6.45) is -3.65. The summed E-state index contributed by atoms with van der Waals surface area (Å²) in [6, 6.07) is 3.24. The van der Waals surface area contributed by atoms with Gasteiger partial charge in [-0.3, -0.25) is 4.79 Å². The van der Waals surface area contributed by atoms with Crippen molar-refractivity contribution >= 4 is 27.3 Å². The first-order chi connectivity index (χ1) is 8.50. The summed E-state index contributed by atoms with van der Waals surface area (Å²) in [5, 5.41) is 1.48. The number of hydrogen-bond acceptors (Lipinski definition) is 3. The van der Waals surface area contributed by atoms with E-state index >= 15 is 0 Å². The smallest absolute Gasteiger partial charge is 0.343 e. The van der Waals surface area contributed by atoms with Gasteiger partial charge >= 0.3 is 6.18 Å². The minimum Gasteiger partial charge on any atom is -0.343 e. The number of carbonyl (C=O) groups excluding carboxylic acids is 1. The van der Waals surface area contributed by atoms with Crippen molar-refractivity contribution in [1.29, 1.82) is 0 Å². The van der Waals surface area contributed by atoms with E-state index in [0.29, 0.717) is 0 Å². The number of sulfone groups is 1. The van der Waals surface area contributed by atoms with E-state index in [1.807, 2.05) is 0 Å². The molecular weight excluding hydrogens is 307 g/mol. The van der Waals surface area contributed by atoms with Gasteiger partial charge in [-0.15, -0.1) is 0 Å². The highest BCUT2D eigenvalue weighted by Gasteiger charge is 2.28. The van der Waals surface area contributed by atoms with Gasteiger partial charge in [-0.05, 0) is 18.2 Å². The fourth-order valence-corrected chi connectivity index (χ4v) is 2.04. The molecule has 0 heterocycles. The molecule has 1 amide bonds. The normalized spacial score (nSPS) is 12.3. The Morgan fingerprint density at radius 3 is 2.42 bits per heavy atom.